The Kier molecular flexibility index (Phi) is 6.92. The predicted molar refractivity (Wildman–Crippen MR) is 78.5 cm³/mol. The average Bonchev–Trinajstić information content (AvgIpc) is 2.47. The third kappa shape index (κ3) is 5.63. The van der Waals surface area contributed by atoms with Crippen LogP contribution in [0, 0.1) is 11.8 Å². The number of aliphatic hydroxyl groups excluding tert-OH is 1. The molecule has 6 heteroatoms. The summed E-state index contributed by atoms with van der Waals surface area (Å²) < 4.78 is 0. The highest BCUT2D eigenvalue weighted by Gasteiger charge is 2.12. The number of carbonyl (C=O) groups is 2. The molecule has 1 aromatic heterocycles. The van der Waals surface area contributed by atoms with Crippen molar-refractivity contribution in [2.45, 2.75) is 12.8 Å². The predicted octanol–water partition coefficient (Wildman–Crippen LogP) is 0.0236. The molecule has 6 nitrogen and oxygen atoms in total. The van der Waals surface area contributed by atoms with Crippen molar-refractivity contribution < 1.29 is 14.7 Å². The highest BCUT2D eigenvalue weighted by atomic mass is 16.2. The number of nitrogens with zero attached hydrogens (tertiary/aromatic N) is 2. The second-order valence-electron chi connectivity index (χ2n) is 4.47. The van der Waals surface area contributed by atoms with Crippen LogP contribution in [-0.4, -0.2) is 54.1 Å². The normalized spacial score (nSPS) is 9.48. The van der Waals surface area contributed by atoms with Crippen molar-refractivity contribution in [1.82, 2.24) is 15.2 Å². The van der Waals surface area contributed by atoms with E-state index in [0.717, 1.165) is 0 Å². The van der Waals surface area contributed by atoms with E-state index in [0.29, 0.717) is 12.0 Å². The lowest BCUT2D eigenvalue weighted by Crippen LogP contribution is -2.31. The first-order valence-electron chi connectivity index (χ1n) is 6.59. The lowest BCUT2D eigenvalue weighted by molar-refractivity contribution is -0.128. The lowest BCUT2D eigenvalue weighted by Gasteiger charge is -2.10. The zero-order valence-electron chi connectivity index (χ0n) is 12.2. The van der Waals surface area contributed by atoms with E-state index in [1.165, 1.54) is 11.1 Å². The number of pyridine rings is 1. The molecule has 0 radical (unpaired) electrons. The van der Waals surface area contributed by atoms with E-state index < -0.39 is 0 Å². The van der Waals surface area contributed by atoms with Crippen LogP contribution in [0.2, 0.25) is 0 Å². The maximum absolute atomic E-state index is 12.0. The number of aliphatic hydroxyl groups is 1. The van der Waals surface area contributed by atoms with Gasteiger partial charge in [0.15, 0.2) is 0 Å². The topological polar surface area (TPSA) is 82.5 Å². The third-order valence-corrected chi connectivity index (χ3v) is 2.61. The van der Waals surface area contributed by atoms with Crippen LogP contribution in [0.3, 0.4) is 0 Å². The van der Waals surface area contributed by atoms with E-state index in [-0.39, 0.29) is 37.1 Å². The Labute approximate surface area is 124 Å². The van der Waals surface area contributed by atoms with Gasteiger partial charge in [0, 0.05) is 39.7 Å². The smallest absolute Gasteiger partial charge is 0.271 e. The Morgan fingerprint density at radius 1 is 1.43 bits per heavy atom. The minimum atomic E-state index is -0.365. The van der Waals surface area contributed by atoms with Gasteiger partial charge >= 0.3 is 0 Å². The zero-order chi connectivity index (χ0) is 15.7. The molecule has 0 aromatic carbocycles. The Hall–Kier alpha value is -2.39. The van der Waals surface area contributed by atoms with Gasteiger partial charge in [-0.15, -0.1) is 0 Å². The summed E-state index contributed by atoms with van der Waals surface area (Å²) in [5, 5.41) is 11.4. The Morgan fingerprint density at radius 3 is 2.86 bits per heavy atom. The monoisotopic (exact) mass is 289 g/mol. The van der Waals surface area contributed by atoms with Crippen LogP contribution in [0.15, 0.2) is 18.3 Å². The standard InChI is InChI=1S/C15H19N3O3/c1-18(2)13(20)8-10-17-15(21)14-12(6-3-4-11-19)7-5-9-16-14/h5,7,9,19H,4,8,10-11H2,1-2H3,(H,17,21). The molecule has 1 aromatic rings. The summed E-state index contributed by atoms with van der Waals surface area (Å²) >= 11 is 0. The van der Waals surface area contributed by atoms with Gasteiger partial charge < -0.3 is 15.3 Å². The molecule has 2 N–H and O–H groups in total. The van der Waals surface area contributed by atoms with E-state index >= 15 is 0 Å². The Balaban J connectivity index is 2.66. The second-order valence-corrected chi connectivity index (χ2v) is 4.47. The van der Waals surface area contributed by atoms with Crippen molar-refractivity contribution in [3.63, 3.8) is 0 Å². The van der Waals surface area contributed by atoms with E-state index in [2.05, 4.69) is 22.1 Å². The molecular weight excluding hydrogens is 270 g/mol. The molecule has 0 bridgehead atoms. The summed E-state index contributed by atoms with van der Waals surface area (Å²) in [5.41, 5.74) is 0.725. The van der Waals surface area contributed by atoms with Gasteiger partial charge in [0.1, 0.15) is 5.69 Å². The minimum absolute atomic E-state index is 0.0264. The number of rotatable bonds is 5. The van der Waals surface area contributed by atoms with Crippen molar-refractivity contribution in [2.24, 2.45) is 0 Å². The quantitative estimate of drug-likeness (QED) is 0.749. The molecule has 1 rings (SSSR count). The zero-order valence-corrected chi connectivity index (χ0v) is 12.2. The SMILES string of the molecule is CN(C)C(=O)CCNC(=O)c1ncccc1C#CCCO. The maximum Gasteiger partial charge on any atom is 0.271 e. The van der Waals surface area contributed by atoms with Gasteiger partial charge in [-0.05, 0) is 12.1 Å². The van der Waals surface area contributed by atoms with Gasteiger partial charge in [0.2, 0.25) is 5.91 Å². The lowest BCUT2D eigenvalue weighted by atomic mass is 10.2. The van der Waals surface area contributed by atoms with Gasteiger partial charge in [-0.2, -0.15) is 0 Å². The van der Waals surface area contributed by atoms with Crippen LogP contribution in [-0.2, 0) is 4.79 Å². The van der Waals surface area contributed by atoms with Crippen molar-refractivity contribution in [3.8, 4) is 11.8 Å². The van der Waals surface area contributed by atoms with Crippen molar-refractivity contribution in [3.05, 3.63) is 29.6 Å². The fourth-order valence-electron chi connectivity index (χ4n) is 1.49. The molecule has 0 aliphatic rings. The highest BCUT2D eigenvalue weighted by molar-refractivity contribution is 5.94. The fraction of sp³-hybridized carbons (Fsp3) is 0.400. The molecule has 0 saturated carbocycles. The Morgan fingerprint density at radius 2 is 2.19 bits per heavy atom. The fourth-order valence-corrected chi connectivity index (χ4v) is 1.49. The molecular formula is C15H19N3O3. The highest BCUT2D eigenvalue weighted by Crippen LogP contribution is 2.03. The molecule has 1 heterocycles. The van der Waals surface area contributed by atoms with Gasteiger partial charge in [0.25, 0.3) is 5.91 Å². The molecule has 2 amide bonds. The third-order valence-electron chi connectivity index (χ3n) is 2.61. The first-order valence-corrected chi connectivity index (χ1v) is 6.59. The molecule has 0 spiro atoms. The number of hydrogen-bond acceptors (Lipinski definition) is 4. The first kappa shape index (κ1) is 16.7. The molecule has 0 unspecified atom stereocenters. The van der Waals surface area contributed by atoms with Crippen LogP contribution >= 0.6 is 0 Å². The van der Waals surface area contributed by atoms with E-state index in [9.17, 15) is 9.59 Å². The largest absolute Gasteiger partial charge is 0.395 e. The second kappa shape index (κ2) is 8.72. The minimum Gasteiger partial charge on any atom is -0.395 e. The van der Waals surface area contributed by atoms with Crippen LogP contribution in [0.25, 0.3) is 0 Å². The maximum atomic E-state index is 12.0. The summed E-state index contributed by atoms with van der Waals surface area (Å²) in [5.74, 6) is 5.14. The molecule has 112 valence electrons. The first-order chi connectivity index (χ1) is 10.1. The van der Waals surface area contributed by atoms with E-state index in [1.54, 1.807) is 26.2 Å². The number of carbonyl (C=O) groups excluding carboxylic acids is 2. The van der Waals surface area contributed by atoms with Crippen LogP contribution < -0.4 is 5.32 Å². The van der Waals surface area contributed by atoms with Crippen LogP contribution in [0.1, 0.15) is 28.9 Å². The number of nitrogens with one attached hydrogen (secondary N) is 1. The number of aromatic nitrogens is 1. The summed E-state index contributed by atoms with van der Waals surface area (Å²) in [6.07, 6.45) is 2.08. The van der Waals surface area contributed by atoms with Gasteiger partial charge in [-0.25, -0.2) is 4.98 Å². The summed E-state index contributed by atoms with van der Waals surface area (Å²) in [6.45, 7) is 0.220. The summed E-state index contributed by atoms with van der Waals surface area (Å²) in [6, 6.07) is 3.38. The molecule has 0 saturated heterocycles. The van der Waals surface area contributed by atoms with Crippen LogP contribution in [0.4, 0.5) is 0 Å². The van der Waals surface area contributed by atoms with Gasteiger partial charge in [-0.1, -0.05) is 11.8 Å². The molecule has 0 fully saturated rings. The summed E-state index contributed by atoms with van der Waals surface area (Å²) in [4.78, 5) is 28.9. The molecule has 0 aliphatic heterocycles. The Bertz CT molecular complexity index is 559. The van der Waals surface area contributed by atoms with Crippen molar-refractivity contribution >= 4 is 11.8 Å². The number of hydrogen-bond donors (Lipinski definition) is 2. The summed E-state index contributed by atoms with van der Waals surface area (Å²) in [7, 11) is 3.33. The van der Waals surface area contributed by atoms with Gasteiger partial charge in [-0.3, -0.25) is 9.59 Å². The van der Waals surface area contributed by atoms with Crippen LogP contribution in [0.5, 0.6) is 0 Å². The molecule has 21 heavy (non-hydrogen) atoms. The van der Waals surface area contributed by atoms with E-state index in [1.807, 2.05) is 0 Å². The molecule has 0 atom stereocenters. The van der Waals surface area contributed by atoms with E-state index in [4.69, 9.17) is 5.11 Å². The average molecular weight is 289 g/mol. The molecule has 0 aliphatic carbocycles. The van der Waals surface area contributed by atoms with Crippen molar-refractivity contribution in [1.29, 1.82) is 0 Å². The number of amides is 2. The van der Waals surface area contributed by atoms with Crippen molar-refractivity contribution in [2.75, 3.05) is 27.2 Å². The van der Waals surface area contributed by atoms with Gasteiger partial charge in [0.05, 0.1) is 12.2 Å².